The summed E-state index contributed by atoms with van der Waals surface area (Å²) in [7, 11) is 0. The fourth-order valence-electron chi connectivity index (χ4n) is 2.75. The summed E-state index contributed by atoms with van der Waals surface area (Å²) in [6.45, 7) is 1.25. The molecule has 0 radical (unpaired) electrons. The number of hydrogen-bond acceptors (Lipinski definition) is 6. The van der Waals surface area contributed by atoms with Gasteiger partial charge in [-0.25, -0.2) is 0 Å². The third-order valence-corrected chi connectivity index (χ3v) is 3.95. The van der Waals surface area contributed by atoms with E-state index in [9.17, 15) is 4.79 Å². The summed E-state index contributed by atoms with van der Waals surface area (Å²) in [5.74, 6) is 1.26. The van der Waals surface area contributed by atoms with E-state index in [4.69, 9.17) is 9.47 Å². The lowest BCUT2D eigenvalue weighted by atomic mass is 10.1. The molecule has 0 fully saturated rings. The maximum atomic E-state index is 12.5. The number of tetrazole rings is 1. The summed E-state index contributed by atoms with van der Waals surface area (Å²) in [6, 6.07) is 12.9. The number of anilines is 1. The number of ether oxygens (including phenoxy) is 2. The summed E-state index contributed by atoms with van der Waals surface area (Å²) >= 11 is 0. The smallest absolute Gasteiger partial charge is 0.228 e. The molecule has 1 aromatic heterocycles. The van der Waals surface area contributed by atoms with Gasteiger partial charge in [-0.1, -0.05) is 18.2 Å². The molecule has 8 heteroatoms. The van der Waals surface area contributed by atoms with E-state index in [0.29, 0.717) is 30.3 Å². The second-order valence-corrected chi connectivity index (χ2v) is 5.83. The first-order chi connectivity index (χ1) is 12.8. The van der Waals surface area contributed by atoms with Gasteiger partial charge in [0.1, 0.15) is 6.33 Å². The molecule has 1 aliphatic heterocycles. The van der Waals surface area contributed by atoms with Crippen molar-refractivity contribution in [1.29, 1.82) is 0 Å². The van der Waals surface area contributed by atoms with Gasteiger partial charge in [-0.05, 0) is 40.3 Å². The number of aromatic nitrogens is 4. The Morgan fingerprint density at radius 2 is 1.96 bits per heavy atom. The molecule has 1 amide bonds. The number of carbonyl (C=O) groups is 1. The maximum Gasteiger partial charge on any atom is 0.228 e. The standard InChI is InChI=1S/C18H17N5O3/c24-18(11-13-6-7-16-17(10-13)26-9-3-8-25-16)20-14-4-1-2-5-15(14)23-12-19-21-22-23/h1-2,4-7,10,12H,3,8-9,11H2,(H,20,24). The van der Waals surface area contributed by atoms with E-state index in [1.165, 1.54) is 11.0 Å². The quantitative estimate of drug-likeness (QED) is 0.773. The average Bonchev–Trinajstić information content (AvgIpc) is 3.08. The lowest BCUT2D eigenvalue weighted by Gasteiger charge is -2.11. The predicted molar refractivity (Wildman–Crippen MR) is 93.5 cm³/mol. The van der Waals surface area contributed by atoms with E-state index >= 15 is 0 Å². The first-order valence-electron chi connectivity index (χ1n) is 8.30. The molecule has 2 heterocycles. The minimum atomic E-state index is -0.139. The minimum absolute atomic E-state index is 0.139. The van der Waals surface area contributed by atoms with E-state index in [1.54, 1.807) is 0 Å². The highest BCUT2D eigenvalue weighted by Crippen LogP contribution is 2.30. The van der Waals surface area contributed by atoms with Crippen LogP contribution in [0, 0.1) is 0 Å². The van der Waals surface area contributed by atoms with Crippen LogP contribution in [-0.2, 0) is 11.2 Å². The molecule has 8 nitrogen and oxygen atoms in total. The van der Waals surface area contributed by atoms with Crippen LogP contribution in [-0.4, -0.2) is 39.3 Å². The Morgan fingerprint density at radius 3 is 2.81 bits per heavy atom. The third-order valence-electron chi connectivity index (χ3n) is 3.95. The normalized spacial score (nSPS) is 13.1. The Kier molecular flexibility index (Phi) is 4.46. The van der Waals surface area contributed by atoms with Gasteiger partial charge in [0, 0.05) is 6.42 Å². The number of nitrogens with zero attached hydrogens (tertiary/aromatic N) is 4. The van der Waals surface area contributed by atoms with Crippen molar-refractivity contribution in [2.24, 2.45) is 0 Å². The minimum Gasteiger partial charge on any atom is -0.490 e. The monoisotopic (exact) mass is 351 g/mol. The molecule has 0 saturated carbocycles. The first kappa shape index (κ1) is 16.1. The van der Waals surface area contributed by atoms with Crippen LogP contribution >= 0.6 is 0 Å². The molecule has 0 saturated heterocycles. The van der Waals surface area contributed by atoms with Crippen LogP contribution in [0.15, 0.2) is 48.8 Å². The van der Waals surface area contributed by atoms with Gasteiger partial charge in [-0.3, -0.25) is 4.79 Å². The zero-order chi connectivity index (χ0) is 17.8. The lowest BCUT2D eigenvalue weighted by molar-refractivity contribution is -0.115. The van der Waals surface area contributed by atoms with Crippen molar-refractivity contribution in [2.45, 2.75) is 12.8 Å². The number of benzene rings is 2. The van der Waals surface area contributed by atoms with Crippen molar-refractivity contribution in [2.75, 3.05) is 18.5 Å². The van der Waals surface area contributed by atoms with Crippen molar-refractivity contribution in [1.82, 2.24) is 20.2 Å². The molecular formula is C18H17N5O3. The summed E-state index contributed by atoms with van der Waals surface area (Å²) in [4.78, 5) is 12.5. The van der Waals surface area contributed by atoms with Crippen LogP contribution in [0.1, 0.15) is 12.0 Å². The molecule has 3 aromatic rings. The topological polar surface area (TPSA) is 91.2 Å². The molecule has 0 bridgehead atoms. The number of fused-ring (bicyclic) bond motifs is 1. The van der Waals surface area contributed by atoms with Crippen molar-refractivity contribution in [3.8, 4) is 17.2 Å². The van der Waals surface area contributed by atoms with E-state index in [1.807, 2.05) is 42.5 Å². The predicted octanol–water partition coefficient (Wildman–Crippen LogP) is 2.00. The summed E-state index contributed by atoms with van der Waals surface area (Å²) < 4.78 is 12.8. The van der Waals surface area contributed by atoms with E-state index in [-0.39, 0.29) is 12.3 Å². The highest BCUT2D eigenvalue weighted by atomic mass is 16.5. The number of para-hydroxylation sites is 2. The highest BCUT2D eigenvalue weighted by molar-refractivity contribution is 5.94. The molecule has 0 atom stereocenters. The SMILES string of the molecule is O=C(Cc1ccc2c(c1)OCCCO2)Nc1ccccc1-n1cnnn1. The Morgan fingerprint density at radius 1 is 1.12 bits per heavy atom. The molecule has 4 rings (SSSR count). The second-order valence-electron chi connectivity index (χ2n) is 5.83. The Bertz CT molecular complexity index is 911. The fraction of sp³-hybridized carbons (Fsp3) is 0.222. The number of nitrogens with one attached hydrogen (secondary N) is 1. The largest absolute Gasteiger partial charge is 0.490 e. The van der Waals surface area contributed by atoms with E-state index in [2.05, 4.69) is 20.8 Å². The Balaban J connectivity index is 1.49. The second kappa shape index (κ2) is 7.22. The Labute approximate surface area is 149 Å². The van der Waals surface area contributed by atoms with E-state index < -0.39 is 0 Å². The van der Waals surface area contributed by atoms with Gasteiger partial charge in [0.2, 0.25) is 5.91 Å². The summed E-state index contributed by atoms with van der Waals surface area (Å²) in [5.41, 5.74) is 2.19. The number of rotatable bonds is 4. The molecule has 0 unspecified atom stereocenters. The van der Waals surface area contributed by atoms with Gasteiger partial charge in [0.15, 0.2) is 11.5 Å². The molecule has 0 aliphatic carbocycles. The summed E-state index contributed by atoms with van der Waals surface area (Å²) in [5, 5.41) is 14.0. The molecule has 1 aliphatic rings. The van der Waals surface area contributed by atoms with Crippen LogP contribution in [0.3, 0.4) is 0 Å². The van der Waals surface area contributed by atoms with Crippen molar-refractivity contribution in [3.63, 3.8) is 0 Å². The zero-order valence-electron chi connectivity index (χ0n) is 14.0. The number of carbonyl (C=O) groups excluding carboxylic acids is 1. The lowest BCUT2D eigenvalue weighted by Crippen LogP contribution is -2.16. The van der Waals surface area contributed by atoms with Crippen LogP contribution in [0.5, 0.6) is 11.5 Å². The maximum absolute atomic E-state index is 12.5. The van der Waals surface area contributed by atoms with Crippen LogP contribution in [0.4, 0.5) is 5.69 Å². The molecule has 0 spiro atoms. The molecule has 26 heavy (non-hydrogen) atoms. The van der Waals surface area contributed by atoms with Gasteiger partial charge in [-0.2, -0.15) is 4.68 Å². The summed E-state index contributed by atoms with van der Waals surface area (Å²) in [6.07, 6.45) is 2.55. The van der Waals surface area contributed by atoms with Gasteiger partial charge in [0.25, 0.3) is 0 Å². The van der Waals surface area contributed by atoms with Crippen LogP contribution in [0.2, 0.25) is 0 Å². The van der Waals surface area contributed by atoms with Crippen molar-refractivity contribution in [3.05, 3.63) is 54.4 Å². The number of hydrogen-bond donors (Lipinski definition) is 1. The molecule has 1 N–H and O–H groups in total. The van der Waals surface area contributed by atoms with Crippen molar-refractivity contribution < 1.29 is 14.3 Å². The zero-order valence-corrected chi connectivity index (χ0v) is 14.0. The third kappa shape index (κ3) is 3.49. The Hall–Kier alpha value is -3.42. The van der Waals surface area contributed by atoms with Gasteiger partial charge in [0.05, 0.1) is 31.0 Å². The van der Waals surface area contributed by atoms with E-state index in [0.717, 1.165) is 17.7 Å². The van der Waals surface area contributed by atoms with Crippen LogP contribution in [0.25, 0.3) is 5.69 Å². The van der Waals surface area contributed by atoms with Crippen LogP contribution < -0.4 is 14.8 Å². The van der Waals surface area contributed by atoms with Crippen molar-refractivity contribution >= 4 is 11.6 Å². The highest BCUT2D eigenvalue weighted by Gasteiger charge is 2.14. The molecule has 2 aromatic carbocycles. The average molecular weight is 351 g/mol. The molecular weight excluding hydrogens is 334 g/mol. The first-order valence-corrected chi connectivity index (χ1v) is 8.30. The van der Waals surface area contributed by atoms with Gasteiger partial charge in [-0.15, -0.1) is 5.10 Å². The fourth-order valence-corrected chi connectivity index (χ4v) is 2.75. The molecule has 132 valence electrons. The van der Waals surface area contributed by atoms with Gasteiger partial charge >= 0.3 is 0 Å². The number of amides is 1. The van der Waals surface area contributed by atoms with Gasteiger partial charge < -0.3 is 14.8 Å².